The number of nitrogens with two attached hydrogens (primary N) is 1. The van der Waals surface area contributed by atoms with Crippen molar-refractivity contribution in [1.82, 2.24) is 0 Å². The molecule has 0 spiro atoms. The van der Waals surface area contributed by atoms with E-state index in [4.69, 9.17) is 27.7 Å². The maximum atomic E-state index is 8.84. The van der Waals surface area contributed by atoms with Crippen LogP contribution >= 0.6 is 11.6 Å². The summed E-state index contributed by atoms with van der Waals surface area (Å²) in [7, 11) is 0. The third-order valence-electron chi connectivity index (χ3n) is 2.72. The molecular weight excluding hydrogens is 236 g/mol. The maximum absolute atomic E-state index is 8.84. The molecule has 0 amide bonds. The van der Waals surface area contributed by atoms with Gasteiger partial charge in [-0.2, -0.15) is 5.26 Å². The second-order valence-electron chi connectivity index (χ2n) is 4.17. The Morgan fingerprint density at radius 3 is 2.35 bits per heavy atom. The Bertz CT molecular complexity index is 395. The zero-order valence-electron chi connectivity index (χ0n) is 9.69. The van der Waals surface area contributed by atoms with Crippen LogP contribution in [0.3, 0.4) is 0 Å². The van der Waals surface area contributed by atoms with Crippen LogP contribution in [0.5, 0.6) is 5.75 Å². The van der Waals surface area contributed by atoms with E-state index >= 15 is 0 Å². The highest BCUT2D eigenvalue weighted by Crippen LogP contribution is 2.20. The predicted octanol–water partition coefficient (Wildman–Crippen LogP) is 3.20. The number of benzene rings is 1. The molecule has 4 heteroatoms. The van der Waals surface area contributed by atoms with Crippen LogP contribution < -0.4 is 5.73 Å². The van der Waals surface area contributed by atoms with Crippen LogP contribution in [0, 0.1) is 11.3 Å². The predicted molar refractivity (Wildman–Crippen MR) is 68.9 cm³/mol. The van der Waals surface area contributed by atoms with Gasteiger partial charge < -0.3 is 10.8 Å². The molecule has 17 heavy (non-hydrogen) atoms. The van der Waals surface area contributed by atoms with Crippen molar-refractivity contribution in [3.8, 4) is 11.8 Å². The number of rotatable bonds is 0. The summed E-state index contributed by atoms with van der Waals surface area (Å²) in [5.41, 5.74) is 6.01. The van der Waals surface area contributed by atoms with Crippen molar-refractivity contribution in [3.63, 3.8) is 0 Å². The van der Waals surface area contributed by atoms with Gasteiger partial charge in [-0.15, -0.1) is 0 Å². The number of nitriles is 1. The molecule has 1 aromatic rings. The van der Waals surface area contributed by atoms with Gasteiger partial charge in [0.2, 0.25) is 0 Å². The summed E-state index contributed by atoms with van der Waals surface area (Å²) >= 11 is 5.55. The van der Waals surface area contributed by atoms with E-state index in [1.807, 2.05) is 6.07 Å². The smallest absolute Gasteiger partial charge is 0.117 e. The topological polar surface area (TPSA) is 70.0 Å². The molecule has 3 N–H and O–H groups in total. The van der Waals surface area contributed by atoms with E-state index in [2.05, 4.69) is 0 Å². The summed E-state index contributed by atoms with van der Waals surface area (Å²) in [6, 6.07) is 6.64. The molecule has 1 aromatic carbocycles. The molecule has 1 fully saturated rings. The number of hydrogen-bond acceptors (Lipinski definition) is 3. The fraction of sp³-hybridized carbons (Fsp3) is 0.462. The lowest BCUT2D eigenvalue weighted by molar-refractivity contribution is 0.441. The largest absolute Gasteiger partial charge is 0.508 e. The molecule has 0 aliphatic heterocycles. The molecule has 0 atom stereocenters. The van der Waals surface area contributed by atoms with E-state index in [0.29, 0.717) is 11.6 Å². The first-order valence-electron chi connectivity index (χ1n) is 5.77. The van der Waals surface area contributed by atoms with Gasteiger partial charge in [0, 0.05) is 6.04 Å². The Morgan fingerprint density at radius 2 is 1.94 bits per heavy atom. The molecule has 0 bridgehead atoms. The summed E-state index contributed by atoms with van der Waals surface area (Å²) < 4.78 is 0. The van der Waals surface area contributed by atoms with Crippen LogP contribution in [-0.2, 0) is 0 Å². The van der Waals surface area contributed by atoms with E-state index in [1.54, 1.807) is 0 Å². The van der Waals surface area contributed by atoms with E-state index in [9.17, 15) is 0 Å². The Morgan fingerprint density at radius 1 is 1.29 bits per heavy atom. The number of nitrogens with zero attached hydrogens (tertiary/aromatic N) is 1. The Kier molecular flexibility index (Phi) is 5.82. The van der Waals surface area contributed by atoms with Crippen molar-refractivity contribution in [2.24, 2.45) is 5.73 Å². The Hall–Kier alpha value is -1.24. The van der Waals surface area contributed by atoms with Gasteiger partial charge >= 0.3 is 0 Å². The lowest BCUT2D eigenvalue weighted by Crippen LogP contribution is -2.22. The SMILES string of the molecule is N#Cc1ccc(O)cc1Cl.NC1CCCCC1. The van der Waals surface area contributed by atoms with Gasteiger partial charge in [0.25, 0.3) is 0 Å². The van der Waals surface area contributed by atoms with Crippen LogP contribution in [0.1, 0.15) is 37.7 Å². The second kappa shape index (κ2) is 7.16. The molecule has 92 valence electrons. The Balaban J connectivity index is 0.000000181. The molecule has 1 aliphatic carbocycles. The average molecular weight is 253 g/mol. The summed E-state index contributed by atoms with van der Waals surface area (Å²) in [6.45, 7) is 0. The van der Waals surface area contributed by atoms with Crippen LogP contribution in [0.4, 0.5) is 0 Å². The van der Waals surface area contributed by atoms with Crippen molar-refractivity contribution in [2.75, 3.05) is 0 Å². The van der Waals surface area contributed by atoms with Crippen molar-refractivity contribution in [2.45, 2.75) is 38.1 Å². The number of phenols is 1. The third kappa shape index (κ3) is 5.08. The third-order valence-corrected chi connectivity index (χ3v) is 3.04. The molecule has 0 heterocycles. The molecule has 1 saturated carbocycles. The highest BCUT2D eigenvalue weighted by atomic mass is 35.5. The van der Waals surface area contributed by atoms with E-state index in [0.717, 1.165) is 0 Å². The van der Waals surface area contributed by atoms with Gasteiger partial charge in [-0.05, 0) is 31.0 Å². The van der Waals surface area contributed by atoms with Gasteiger partial charge in [0.15, 0.2) is 0 Å². The van der Waals surface area contributed by atoms with Crippen molar-refractivity contribution >= 4 is 11.6 Å². The lowest BCUT2D eigenvalue weighted by Gasteiger charge is -2.15. The van der Waals surface area contributed by atoms with Gasteiger partial charge in [0.1, 0.15) is 11.8 Å². The van der Waals surface area contributed by atoms with Gasteiger partial charge in [0.05, 0.1) is 10.6 Å². The van der Waals surface area contributed by atoms with Crippen molar-refractivity contribution < 1.29 is 5.11 Å². The second-order valence-corrected chi connectivity index (χ2v) is 4.58. The first-order valence-corrected chi connectivity index (χ1v) is 6.15. The monoisotopic (exact) mass is 252 g/mol. The zero-order chi connectivity index (χ0) is 12.7. The molecule has 1 aliphatic rings. The minimum Gasteiger partial charge on any atom is -0.508 e. The van der Waals surface area contributed by atoms with Gasteiger partial charge in [-0.25, -0.2) is 0 Å². The molecule has 2 rings (SSSR count). The summed E-state index contributed by atoms with van der Waals surface area (Å²) in [5, 5.41) is 17.5. The zero-order valence-corrected chi connectivity index (χ0v) is 10.5. The fourth-order valence-corrected chi connectivity index (χ4v) is 1.95. The summed E-state index contributed by atoms with van der Waals surface area (Å²) in [5.74, 6) is 0.0731. The first-order chi connectivity index (χ1) is 8.13. The number of hydrogen-bond donors (Lipinski definition) is 2. The minimum atomic E-state index is 0.0731. The van der Waals surface area contributed by atoms with Crippen LogP contribution in [0.15, 0.2) is 18.2 Å². The Labute approximate surface area is 107 Å². The average Bonchev–Trinajstić information content (AvgIpc) is 2.31. The number of halogens is 1. The number of phenolic OH excluding ortho intramolecular Hbond substituents is 1. The summed E-state index contributed by atoms with van der Waals surface area (Å²) in [6.07, 6.45) is 6.66. The molecule has 0 aromatic heterocycles. The maximum Gasteiger partial charge on any atom is 0.117 e. The molecule has 0 radical (unpaired) electrons. The number of aromatic hydroxyl groups is 1. The molecular formula is C13H17ClN2O. The molecule has 0 saturated heterocycles. The first kappa shape index (κ1) is 13.8. The van der Waals surface area contributed by atoms with Crippen molar-refractivity contribution in [1.29, 1.82) is 5.26 Å². The minimum absolute atomic E-state index is 0.0731. The lowest BCUT2D eigenvalue weighted by atomic mass is 9.97. The van der Waals surface area contributed by atoms with E-state index < -0.39 is 0 Å². The molecule has 3 nitrogen and oxygen atoms in total. The van der Waals surface area contributed by atoms with E-state index in [-0.39, 0.29) is 10.8 Å². The van der Waals surface area contributed by atoms with Crippen molar-refractivity contribution in [3.05, 3.63) is 28.8 Å². The highest BCUT2D eigenvalue weighted by molar-refractivity contribution is 6.31. The normalized spacial score (nSPS) is 15.6. The fourth-order valence-electron chi connectivity index (χ4n) is 1.73. The molecule has 0 unspecified atom stereocenters. The standard InChI is InChI=1S/C7H4ClNO.C6H13N/c8-7-3-6(10)2-1-5(7)4-9;7-6-4-2-1-3-5-6/h1-3,10H;6H,1-5,7H2. The van der Waals surface area contributed by atoms with E-state index in [1.165, 1.54) is 50.3 Å². The van der Waals surface area contributed by atoms with Gasteiger partial charge in [-0.3, -0.25) is 0 Å². The van der Waals surface area contributed by atoms with Crippen LogP contribution in [0.2, 0.25) is 5.02 Å². The summed E-state index contributed by atoms with van der Waals surface area (Å²) in [4.78, 5) is 0. The highest BCUT2D eigenvalue weighted by Gasteiger charge is 2.06. The van der Waals surface area contributed by atoms with Gasteiger partial charge in [-0.1, -0.05) is 30.9 Å². The van der Waals surface area contributed by atoms with Crippen LogP contribution in [0.25, 0.3) is 0 Å². The van der Waals surface area contributed by atoms with Crippen LogP contribution in [-0.4, -0.2) is 11.1 Å². The quantitative estimate of drug-likeness (QED) is 0.745.